The maximum atomic E-state index is 13.5. The summed E-state index contributed by atoms with van der Waals surface area (Å²) in [5, 5.41) is 9.73. The second-order valence-electron chi connectivity index (χ2n) is 8.53. The summed E-state index contributed by atoms with van der Waals surface area (Å²) in [5.74, 6) is 0.618. The average Bonchev–Trinajstić information content (AvgIpc) is 2.80. The number of amides is 1. The molecule has 0 saturated carbocycles. The van der Waals surface area contributed by atoms with E-state index in [1.165, 1.54) is 11.2 Å². The number of hydrogen-bond acceptors (Lipinski definition) is 6. The molecule has 0 radical (unpaired) electrons. The van der Waals surface area contributed by atoms with Crippen molar-refractivity contribution in [3.8, 4) is 22.6 Å². The topological polar surface area (TPSA) is 96.4 Å². The summed E-state index contributed by atoms with van der Waals surface area (Å²) in [6.45, 7) is 5.22. The van der Waals surface area contributed by atoms with Crippen LogP contribution in [0.5, 0.6) is 11.5 Å². The van der Waals surface area contributed by atoms with Gasteiger partial charge in [0.15, 0.2) is 0 Å². The molecule has 0 bridgehead atoms. The van der Waals surface area contributed by atoms with Crippen molar-refractivity contribution in [1.82, 2.24) is 9.21 Å². The van der Waals surface area contributed by atoms with Gasteiger partial charge < -0.3 is 19.5 Å². The normalized spacial score (nSPS) is 21.2. The van der Waals surface area contributed by atoms with Crippen molar-refractivity contribution in [2.45, 2.75) is 37.8 Å². The molecule has 33 heavy (non-hydrogen) atoms. The molecule has 1 amide bonds. The summed E-state index contributed by atoms with van der Waals surface area (Å²) in [6.07, 6.45) is -0.437. The molecule has 0 aromatic heterocycles. The number of aliphatic hydroxyl groups excluding tert-OH is 1. The fourth-order valence-corrected chi connectivity index (χ4v) is 5.63. The first-order valence-electron chi connectivity index (χ1n) is 10.9. The number of likely N-dealkylation sites (N-methyl/N-ethyl adjacent to an activating group) is 1. The number of ether oxygens (including phenoxy) is 2. The molecule has 3 atom stereocenters. The Morgan fingerprint density at radius 1 is 1.24 bits per heavy atom. The van der Waals surface area contributed by atoms with Crippen LogP contribution in [0.25, 0.3) is 11.1 Å². The molecule has 2 aromatic rings. The van der Waals surface area contributed by atoms with Gasteiger partial charge in [-0.2, -0.15) is 4.31 Å². The third kappa shape index (κ3) is 5.31. The van der Waals surface area contributed by atoms with Gasteiger partial charge >= 0.3 is 0 Å². The van der Waals surface area contributed by atoms with Gasteiger partial charge in [-0.1, -0.05) is 25.1 Å². The van der Waals surface area contributed by atoms with E-state index >= 15 is 0 Å². The number of sulfonamides is 1. The Morgan fingerprint density at radius 2 is 1.88 bits per heavy atom. The molecule has 0 aliphatic carbocycles. The molecule has 1 aliphatic heterocycles. The molecule has 3 rings (SSSR count). The molecule has 0 unspecified atom stereocenters. The minimum atomic E-state index is -3.92. The lowest BCUT2D eigenvalue weighted by Crippen LogP contribution is -2.50. The summed E-state index contributed by atoms with van der Waals surface area (Å²) in [7, 11) is -0.631. The predicted molar refractivity (Wildman–Crippen MR) is 126 cm³/mol. The SMILES string of the molecule is COc1ccc(-c2ccc3c(c2)O[C@@H](CN(C)C(C)=O)[C@H](C)CN([C@H](C)CO)S3(=O)=O)cc1. The highest BCUT2D eigenvalue weighted by atomic mass is 32.2. The molecule has 0 fully saturated rings. The van der Waals surface area contributed by atoms with Crippen LogP contribution in [0.1, 0.15) is 20.8 Å². The highest BCUT2D eigenvalue weighted by Crippen LogP contribution is 2.36. The average molecular weight is 477 g/mol. The minimum Gasteiger partial charge on any atom is -0.497 e. The molecular weight excluding hydrogens is 444 g/mol. The Bertz CT molecular complexity index is 1090. The van der Waals surface area contributed by atoms with Crippen LogP contribution in [0.2, 0.25) is 0 Å². The molecule has 1 N–H and O–H groups in total. The monoisotopic (exact) mass is 476 g/mol. The number of hydrogen-bond donors (Lipinski definition) is 1. The number of rotatable bonds is 6. The van der Waals surface area contributed by atoms with Gasteiger partial charge in [0.05, 0.1) is 20.3 Å². The van der Waals surface area contributed by atoms with Gasteiger partial charge in [0.2, 0.25) is 15.9 Å². The summed E-state index contributed by atoms with van der Waals surface area (Å²) < 4.78 is 39.9. The first kappa shape index (κ1) is 25.0. The van der Waals surface area contributed by atoms with Crippen LogP contribution in [0.15, 0.2) is 47.4 Å². The van der Waals surface area contributed by atoms with E-state index in [-0.39, 0.29) is 35.6 Å². The molecule has 1 heterocycles. The van der Waals surface area contributed by atoms with Crippen molar-refractivity contribution in [2.24, 2.45) is 5.92 Å². The molecule has 9 heteroatoms. The Kier molecular flexibility index (Phi) is 7.66. The van der Waals surface area contributed by atoms with Crippen molar-refractivity contribution in [3.05, 3.63) is 42.5 Å². The van der Waals surface area contributed by atoms with Crippen LogP contribution < -0.4 is 9.47 Å². The van der Waals surface area contributed by atoms with E-state index in [1.807, 2.05) is 31.2 Å². The molecule has 1 aliphatic rings. The molecular formula is C24H32N2O6S. The standard InChI is InChI=1S/C24H32N2O6S/c1-16-13-26(17(2)15-27)33(29,30)24-11-8-20(19-6-9-21(31-5)10-7-19)12-22(24)32-23(16)14-25(4)18(3)28/h6-12,16-17,23,27H,13-15H2,1-5H3/t16-,17-,23+/m1/s1. The van der Waals surface area contributed by atoms with Gasteiger partial charge in [-0.3, -0.25) is 4.79 Å². The number of nitrogens with zero attached hydrogens (tertiary/aromatic N) is 2. The lowest BCUT2D eigenvalue weighted by molar-refractivity contribution is -0.129. The van der Waals surface area contributed by atoms with Gasteiger partial charge in [0.1, 0.15) is 22.5 Å². The molecule has 0 spiro atoms. The Morgan fingerprint density at radius 3 is 2.45 bits per heavy atom. The summed E-state index contributed by atoms with van der Waals surface area (Å²) in [4.78, 5) is 13.5. The number of benzene rings is 2. The van der Waals surface area contributed by atoms with E-state index in [2.05, 4.69) is 0 Å². The largest absolute Gasteiger partial charge is 0.497 e. The van der Waals surface area contributed by atoms with Gasteiger partial charge in [0.25, 0.3) is 0 Å². The van der Waals surface area contributed by atoms with Crippen molar-refractivity contribution in [1.29, 1.82) is 0 Å². The minimum absolute atomic E-state index is 0.0439. The zero-order valence-electron chi connectivity index (χ0n) is 19.7. The van der Waals surface area contributed by atoms with E-state index in [4.69, 9.17) is 9.47 Å². The molecule has 2 aromatic carbocycles. The number of methoxy groups -OCH3 is 1. The van der Waals surface area contributed by atoms with Crippen molar-refractivity contribution >= 4 is 15.9 Å². The Hall–Kier alpha value is -2.62. The van der Waals surface area contributed by atoms with Gasteiger partial charge in [0, 0.05) is 32.5 Å². The van der Waals surface area contributed by atoms with E-state index in [1.54, 1.807) is 44.2 Å². The van der Waals surface area contributed by atoms with Crippen LogP contribution in [-0.2, 0) is 14.8 Å². The van der Waals surface area contributed by atoms with E-state index in [0.717, 1.165) is 16.9 Å². The van der Waals surface area contributed by atoms with Crippen LogP contribution in [0.3, 0.4) is 0 Å². The van der Waals surface area contributed by atoms with E-state index in [0.29, 0.717) is 6.54 Å². The zero-order chi connectivity index (χ0) is 24.3. The van der Waals surface area contributed by atoms with E-state index in [9.17, 15) is 18.3 Å². The number of aliphatic hydroxyl groups is 1. The zero-order valence-corrected chi connectivity index (χ0v) is 20.5. The fraction of sp³-hybridized carbons (Fsp3) is 0.458. The maximum Gasteiger partial charge on any atom is 0.247 e. The highest BCUT2D eigenvalue weighted by molar-refractivity contribution is 7.89. The van der Waals surface area contributed by atoms with Crippen LogP contribution in [-0.4, -0.2) is 74.6 Å². The van der Waals surface area contributed by atoms with Crippen LogP contribution >= 0.6 is 0 Å². The third-order valence-electron chi connectivity index (χ3n) is 6.08. The van der Waals surface area contributed by atoms with Gasteiger partial charge in [-0.25, -0.2) is 8.42 Å². The second kappa shape index (κ2) is 10.1. The molecule has 8 nitrogen and oxygen atoms in total. The highest BCUT2D eigenvalue weighted by Gasteiger charge is 2.38. The number of carbonyl (C=O) groups excluding carboxylic acids is 1. The third-order valence-corrected chi connectivity index (χ3v) is 8.10. The van der Waals surface area contributed by atoms with Crippen molar-refractivity contribution < 1.29 is 27.8 Å². The predicted octanol–water partition coefficient (Wildman–Crippen LogP) is 2.61. The first-order chi connectivity index (χ1) is 15.6. The summed E-state index contributed by atoms with van der Waals surface area (Å²) in [5.41, 5.74) is 1.67. The lowest BCUT2D eigenvalue weighted by Gasteiger charge is -2.37. The fourth-order valence-electron chi connectivity index (χ4n) is 3.80. The maximum absolute atomic E-state index is 13.5. The Labute approximate surface area is 195 Å². The summed E-state index contributed by atoms with van der Waals surface area (Å²) >= 11 is 0. The van der Waals surface area contributed by atoms with Gasteiger partial charge in [-0.05, 0) is 42.3 Å². The molecule has 0 saturated heterocycles. The van der Waals surface area contributed by atoms with E-state index < -0.39 is 22.2 Å². The number of carbonyl (C=O) groups is 1. The smallest absolute Gasteiger partial charge is 0.247 e. The van der Waals surface area contributed by atoms with Crippen molar-refractivity contribution in [2.75, 3.05) is 33.9 Å². The number of fused-ring (bicyclic) bond motifs is 1. The van der Waals surface area contributed by atoms with Crippen LogP contribution in [0, 0.1) is 5.92 Å². The lowest BCUT2D eigenvalue weighted by atomic mass is 10.0. The van der Waals surface area contributed by atoms with Crippen molar-refractivity contribution in [3.63, 3.8) is 0 Å². The summed E-state index contributed by atoms with van der Waals surface area (Å²) in [6, 6.07) is 11.9. The Balaban J connectivity index is 2.12. The first-order valence-corrected chi connectivity index (χ1v) is 12.3. The van der Waals surface area contributed by atoms with Gasteiger partial charge in [-0.15, -0.1) is 0 Å². The molecule has 180 valence electrons. The second-order valence-corrected chi connectivity index (χ2v) is 10.4. The quantitative estimate of drug-likeness (QED) is 0.689. The van der Waals surface area contributed by atoms with Crippen LogP contribution in [0.4, 0.5) is 0 Å².